The molecule has 1 amide bonds. The molecule has 12 atom stereocenters. The van der Waals surface area contributed by atoms with Crippen LogP contribution < -0.4 is 16.5 Å². The molecule has 2 aliphatic carbocycles. The molecule has 3 heterocycles. The van der Waals surface area contributed by atoms with Crippen LogP contribution in [-0.2, 0) is 4.79 Å². The van der Waals surface area contributed by atoms with Gasteiger partial charge < -0.3 is 21.1 Å². The van der Waals surface area contributed by atoms with Crippen molar-refractivity contribution < 1.29 is 9.90 Å². The molecule has 5 rings (SSSR count). The van der Waals surface area contributed by atoms with Crippen LogP contribution in [0.5, 0.6) is 0 Å². The minimum Gasteiger partial charge on any atom is -0.391 e. The Morgan fingerprint density at radius 2 is 1.77 bits per heavy atom. The van der Waals surface area contributed by atoms with Crippen molar-refractivity contribution in [2.45, 2.75) is 133 Å². The standard InChI is InChI=1S/C27H50N5O2PS.C2H6.CH4S/c1-4-6-18-23-19(5-2)31(27(34)17-14-29-26(36-3)25(35)24(17)28)12-11-21(23)32(30-18)20-10-9-16(13-22(20)33)15-7-8-15;2*1-2/h15-26,29-30,33H,4-14,28,35H2,1-3H3;1-2H3;2H,1H3. The maximum atomic E-state index is 14.0. The number of hydrazine groups is 1. The lowest BCUT2D eigenvalue weighted by molar-refractivity contribution is -0.143. The molecule has 7 nitrogen and oxygen atoms in total. The third kappa shape index (κ3) is 7.36. The summed E-state index contributed by atoms with van der Waals surface area (Å²) in [5, 5.41) is 17.6. The zero-order valence-corrected chi connectivity index (χ0v) is 28.8. The number of nitrogens with two attached hydrogens (primary N) is 1. The molecule has 0 bridgehead atoms. The van der Waals surface area contributed by atoms with E-state index >= 15 is 0 Å². The molecule has 0 aromatic heterocycles. The highest BCUT2D eigenvalue weighted by atomic mass is 32.2. The third-order valence-electron chi connectivity index (χ3n) is 10.2. The fourth-order valence-electron chi connectivity index (χ4n) is 8.18. The fourth-order valence-corrected chi connectivity index (χ4v) is 9.81. The van der Waals surface area contributed by atoms with E-state index in [0.29, 0.717) is 24.5 Å². The molecule has 3 aliphatic heterocycles. The van der Waals surface area contributed by atoms with Crippen LogP contribution in [0.2, 0.25) is 0 Å². The van der Waals surface area contributed by atoms with Gasteiger partial charge in [0.2, 0.25) is 5.91 Å². The number of aliphatic hydroxyl groups excluding tert-OH is 1. The summed E-state index contributed by atoms with van der Waals surface area (Å²) < 4.78 is 0. The average molecular weight is 618 g/mol. The lowest BCUT2D eigenvalue weighted by Gasteiger charge is -2.49. The Hall–Kier alpha value is 0.400. The van der Waals surface area contributed by atoms with Gasteiger partial charge in [0.15, 0.2) is 0 Å². The average Bonchev–Trinajstić information content (AvgIpc) is 3.78. The smallest absolute Gasteiger partial charge is 0.228 e. The number of amides is 1. The van der Waals surface area contributed by atoms with Crippen molar-refractivity contribution in [3.8, 4) is 0 Å². The maximum absolute atomic E-state index is 14.0. The van der Waals surface area contributed by atoms with Gasteiger partial charge in [-0.05, 0) is 75.7 Å². The SMILES string of the molecule is CC.CCCC1NN(C2CCC(C3CC3)CC2O)C2CCN(C(=O)C3CNC(SC)C(P)C3N)C(CC)C12.CS. The summed E-state index contributed by atoms with van der Waals surface area (Å²) in [6.45, 7) is 9.96. The zero-order chi connectivity index (χ0) is 29.6. The summed E-state index contributed by atoms with van der Waals surface area (Å²) in [6.07, 6.45) is 13.8. The van der Waals surface area contributed by atoms with Crippen molar-refractivity contribution >= 4 is 39.5 Å². The van der Waals surface area contributed by atoms with Crippen molar-refractivity contribution in [3.05, 3.63) is 0 Å². The third-order valence-corrected chi connectivity index (χ3v) is 12.3. The molecule has 5 fully saturated rings. The number of nitrogens with one attached hydrogen (secondary N) is 2. The van der Waals surface area contributed by atoms with Crippen LogP contribution in [0.4, 0.5) is 0 Å². The molecule has 5 aliphatic rings. The molecule has 0 aromatic carbocycles. The van der Waals surface area contributed by atoms with Crippen LogP contribution >= 0.6 is 33.6 Å². The summed E-state index contributed by atoms with van der Waals surface area (Å²) >= 11 is 5.31. The maximum Gasteiger partial charge on any atom is 0.228 e. The number of hydrogen-bond donors (Lipinski definition) is 5. The van der Waals surface area contributed by atoms with Gasteiger partial charge in [-0.25, -0.2) is 5.01 Å². The Morgan fingerprint density at radius 1 is 1.10 bits per heavy atom. The number of thioether (sulfide) groups is 1. The number of hydrogen-bond acceptors (Lipinski definition) is 8. The lowest BCUT2D eigenvalue weighted by Crippen LogP contribution is -2.64. The normalized spacial score (nSPS) is 41.8. The van der Waals surface area contributed by atoms with Crippen LogP contribution in [-0.4, -0.2) is 93.9 Å². The van der Waals surface area contributed by atoms with E-state index in [4.69, 9.17) is 5.73 Å². The van der Waals surface area contributed by atoms with Crippen LogP contribution in [0.1, 0.15) is 85.5 Å². The first-order valence-electron chi connectivity index (χ1n) is 16.1. The van der Waals surface area contributed by atoms with Crippen molar-refractivity contribution in [1.82, 2.24) is 20.7 Å². The summed E-state index contributed by atoms with van der Waals surface area (Å²) in [5.74, 6) is 2.07. The second kappa shape index (κ2) is 16.5. The number of nitrogens with zero attached hydrogens (tertiary/aromatic N) is 2. The summed E-state index contributed by atoms with van der Waals surface area (Å²) in [6, 6.07) is 1.03. The van der Waals surface area contributed by atoms with Crippen molar-refractivity contribution in [2.24, 2.45) is 29.4 Å². The highest BCUT2D eigenvalue weighted by Crippen LogP contribution is 2.47. The van der Waals surface area contributed by atoms with E-state index in [9.17, 15) is 9.90 Å². The molecule has 10 heteroatoms. The Bertz CT molecular complexity index is 780. The summed E-state index contributed by atoms with van der Waals surface area (Å²) in [4.78, 5) is 16.2. The second-order valence-electron chi connectivity index (χ2n) is 12.2. The van der Waals surface area contributed by atoms with Crippen LogP contribution in [0.15, 0.2) is 0 Å². The quantitative estimate of drug-likeness (QED) is 0.218. The number of carbonyl (C=O) groups is 1. The molecule has 5 N–H and O–H groups in total. The van der Waals surface area contributed by atoms with Crippen LogP contribution in [0.3, 0.4) is 0 Å². The lowest BCUT2D eigenvalue weighted by atomic mass is 9.76. The summed E-state index contributed by atoms with van der Waals surface area (Å²) in [5.41, 5.74) is 10.8. The monoisotopic (exact) mass is 617 g/mol. The molecule has 234 valence electrons. The highest BCUT2D eigenvalue weighted by molar-refractivity contribution is 7.99. The van der Waals surface area contributed by atoms with Gasteiger partial charge in [0.1, 0.15) is 0 Å². The van der Waals surface area contributed by atoms with E-state index in [-0.39, 0.29) is 47.1 Å². The first-order chi connectivity index (χ1) is 19.4. The first-order valence-corrected chi connectivity index (χ1v) is 19.0. The number of piperidine rings is 2. The zero-order valence-electron chi connectivity index (χ0n) is 26.0. The van der Waals surface area contributed by atoms with Crippen molar-refractivity contribution in [2.75, 3.05) is 25.6 Å². The number of aliphatic hydroxyl groups is 1. The van der Waals surface area contributed by atoms with Crippen molar-refractivity contribution in [3.63, 3.8) is 0 Å². The topological polar surface area (TPSA) is 93.9 Å². The van der Waals surface area contributed by atoms with Gasteiger partial charge >= 0.3 is 0 Å². The van der Waals surface area contributed by atoms with Gasteiger partial charge in [0.25, 0.3) is 0 Å². The molecule has 3 saturated heterocycles. The van der Waals surface area contributed by atoms with Gasteiger partial charge in [-0.15, -0.1) is 21.0 Å². The van der Waals surface area contributed by atoms with Crippen LogP contribution in [0.25, 0.3) is 0 Å². The van der Waals surface area contributed by atoms with Gasteiger partial charge in [-0.3, -0.25) is 10.2 Å². The van der Waals surface area contributed by atoms with Gasteiger partial charge in [0.05, 0.1) is 23.4 Å². The number of carbonyl (C=O) groups excluding carboxylic acids is 1. The van der Waals surface area contributed by atoms with Gasteiger partial charge in [-0.2, -0.15) is 12.6 Å². The predicted octanol–water partition coefficient (Wildman–Crippen LogP) is 3.96. The van der Waals surface area contributed by atoms with E-state index in [0.717, 1.165) is 56.9 Å². The Kier molecular flexibility index (Phi) is 14.4. The summed E-state index contributed by atoms with van der Waals surface area (Å²) in [7, 11) is 2.89. The predicted molar refractivity (Wildman–Crippen MR) is 178 cm³/mol. The molecule has 0 aromatic rings. The highest BCUT2D eigenvalue weighted by Gasteiger charge is 2.54. The number of thiol groups is 1. The minimum atomic E-state index is -0.243. The Morgan fingerprint density at radius 3 is 2.35 bits per heavy atom. The largest absolute Gasteiger partial charge is 0.391 e. The van der Waals surface area contributed by atoms with Gasteiger partial charge in [-0.1, -0.05) is 34.1 Å². The molecule has 40 heavy (non-hydrogen) atoms. The molecule has 0 spiro atoms. The Balaban J connectivity index is 0.00000106. The first kappa shape index (κ1) is 34.9. The van der Waals surface area contributed by atoms with E-state index in [2.05, 4.69) is 62.6 Å². The minimum absolute atomic E-state index is 0.141. The number of fused-ring (bicyclic) bond motifs is 1. The molecular formula is C30H60N5O2PS2. The molecule has 0 radical (unpaired) electrons. The van der Waals surface area contributed by atoms with E-state index < -0.39 is 0 Å². The molecular weight excluding hydrogens is 557 g/mol. The molecule has 2 saturated carbocycles. The van der Waals surface area contributed by atoms with Gasteiger partial charge in [0, 0.05) is 48.8 Å². The number of rotatable bonds is 7. The second-order valence-corrected chi connectivity index (χ2v) is 14.0. The fraction of sp³-hybridized carbons (Fsp3) is 0.967. The van der Waals surface area contributed by atoms with E-state index in [1.807, 2.05) is 13.8 Å². The van der Waals surface area contributed by atoms with Crippen LogP contribution in [0, 0.1) is 23.7 Å². The van der Waals surface area contributed by atoms with Crippen molar-refractivity contribution in [1.29, 1.82) is 0 Å². The van der Waals surface area contributed by atoms with E-state index in [1.54, 1.807) is 18.0 Å². The molecule has 12 unspecified atom stereocenters. The number of likely N-dealkylation sites (tertiary alicyclic amines) is 1. The Labute approximate surface area is 257 Å². The van der Waals surface area contributed by atoms with E-state index in [1.165, 1.54) is 19.3 Å².